The number of alkyl carbamates (subject to hydrolysis) is 1. The van der Waals surface area contributed by atoms with Crippen LogP contribution >= 0.6 is 0 Å². The average Bonchev–Trinajstić information content (AvgIpc) is 3.00. The van der Waals surface area contributed by atoms with Gasteiger partial charge in [-0.3, -0.25) is 4.79 Å². The summed E-state index contributed by atoms with van der Waals surface area (Å²) in [6.07, 6.45) is 2.63. The van der Waals surface area contributed by atoms with E-state index in [-0.39, 0.29) is 24.2 Å². The number of carbonyl (C=O) groups excluding carboxylic acids is 1. The van der Waals surface area contributed by atoms with Crippen molar-refractivity contribution >= 4 is 12.1 Å². The van der Waals surface area contributed by atoms with Gasteiger partial charge in [0, 0.05) is 12.6 Å². The van der Waals surface area contributed by atoms with E-state index >= 15 is 0 Å². The molecule has 2 bridgehead atoms. The first-order valence-corrected chi connectivity index (χ1v) is 6.56. The Morgan fingerprint density at radius 1 is 1.44 bits per heavy atom. The van der Waals surface area contributed by atoms with Crippen LogP contribution in [0.25, 0.3) is 0 Å². The van der Waals surface area contributed by atoms with Crippen LogP contribution in [-0.2, 0) is 9.53 Å². The minimum atomic E-state index is -0.693. The average molecular weight is 254 g/mol. The third-order valence-corrected chi connectivity index (χ3v) is 4.53. The van der Waals surface area contributed by atoms with Gasteiger partial charge in [-0.05, 0) is 31.1 Å². The molecule has 3 aliphatic rings. The highest BCUT2D eigenvalue weighted by atomic mass is 16.6. The summed E-state index contributed by atoms with van der Waals surface area (Å²) in [6.45, 7) is 1.04. The van der Waals surface area contributed by atoms with Gasteiger partial charge in [-0.2, -0.15) is 0 Å². The summed E-state index contributed by atoms with van der Waals surface area (Å²) in [4.78, 5) is 22.2. The lowest BCUT2D eigenvalue weighted by molar-refractivity contribution is -0.144. The Morgan fingerprint density at radius 3 is 2.89 bits per heavy atom. The Morgan fingerprint density at radius 2 is 2.22 bits per heavy atom. The number of amides is 1. The highest BCUT2D eigenvalue weighted by molar-refractivity contribution is 5.72. The summed E-state index contributed by atoms with van der Waals surface area (Å²) in [7, 11) is 0. The SMILES string of the molecule is O=C1NCC(CNC2C3CCC(C3)C2C(=O)O)O1. The Labute approximate surface area is 105 Å². The lowest BCUT2D eigenvalue weighted by atomic mass is 9.84. The van der Waals surface area contributed by atoms with Crippen molar-refractivity contribution in [2.75, 3.05) is 13.1 Å². The zero-order chi connectivity index (χ0) is 12.7. The van der Waals surface area contributed by atoms with Crippen molar-refractivity contribution in [2.45, 2.75) is 31.4 Å². The van der Waals surface area contributed by atoms with Crippen LogP contribution in [0.1, 0.15) is 19.3 Å². The third-order valence-electron chi connectivity index (χ3n) is 4.53. The van der Waals surface area contributed by atoms with E-state index in [4.69, 9.17) is 4.74 Å². The molecule has 1 heterocycles. The number of hydrogen-bond acceptors (Lipinski definition) is 4. The number of carboxylic acids is 1. The standard InChI is InChI=1S/C12H18N2O4/c15-11(16)9-6-1-2-7(3-6)10(9)13-4-8-5-14-12(17)18-8/h6-10,13H,1-5H2,(H,14,17)(H,15,16). The fourth-order valence-corrected chi connectivity index (χ4v) is 3.75. The first kappa shape index (κ1) is 11.8. The molecule has 1 aliphatic heterocycles. The zero-order valence-electron chi connectivity index (χ0n) is 10.1. The molecule has 6 nitrogen and oxygen atoms in total. The van der Waals surface area contributed by atoms with E-state index in [9.17, 15) is 14.7 Å². The monoisotopic (exact) mass is 254 g/mol. The molecule has 0 aromatic carbocycles. The number of carbonyl (C=O) groups is 2. The predicted octanol–water partition coefficient (Wildman–Crippen LogP) is 0.184. The number of fused-ring (bicyclic) bond motifs is 2. The fraction of sp³-hybridized carbons (Fsp3) is 0.833. The maximum atomic E-state index is 11.3. The molecule has 3 fully saturated rings. The highest BCUT2D eigenvalue weighted by Gasteiger charge is 2.50. The second-order valence-electron chi connectivity index (χ2n) is 5.54. The van der Waals surface area contributed by atoms with Crippen LogP contribution < -0.4 is 10.6 Å². The first-order chi connectivity index (χ1) is 8.65. The van der Waals surface area contributed by atoms with E-state index in [1.54, 1.807) is 0 Å². The lowest BCUT2D eigenvalue weighted by Crippen LogP contribution is -2.47. The number of carboxylic acid groups (broad SMARTS) is 1. The van der Waals surface area contributed by atoms with Crippen molar-refractivity contribution in [3.05, 3.63) is 0 Å². The van der Waals surface area contributed by atoms with Crippen LogP contribution in [0.3, 0.4) is 0 Å². The molecule has 5 atom stereocenters. The smallest absolute Gasteiger partial charge is 0.407 e. The molecule has 1 saturated heterocycles. The van der Waals surface area contributed by atoms with Crippen molar-refractivity contribution in [1.29, 1.82) is 0 Å². The summed E-state index contributed by atoms with van der Waals surface area (Å²) in [6, 6.07) is 0.0422. The van der Waals surface area contributed by atoms with Crippen LogP contribution in [0.5, 0.6) is 0 Å². The maximum Gasteiger partial charge on any atom is 0.407 e. The van der Waals surface area contributed by atoms with Gasteiger partial charge in [-0.25, -0.2) is 4.79 Å². The first-order valence-electron chi connectivity index (χ1n) is 6.56. The molecule has 3 rings (SSSR count). The van der Waals surface area contributed by atoms with Gasteiger partial charge in [-0.1, -0.05) is 0 Å². The van der Waals surface area contributed by atoms with Crippen molar-refractivity contribution in [3.63, 3.8) is 0 Å². The van der Waals surface area contributed by atoms with Gasteiger partial charge in [0.25, 0.3) is 0 Å². The lowest BCUT2D eigenvalue weighted by Gasteiger charge is -2.29. The number of nitrogens with one attached hydrogen (secondary N) is 2. The summed E-state index contributed by atoms with van der Waals surface area (Å²) >= 11 is 0. The number of rotatable bonds is 4. The number of hydrogen-bond donors (Lipinski definition) is 3. The van der Waals surface area contributed by atoms with Crippen LogP contribution in [0.4, 0.5) is 4.79 Å². The van der Waals surface area contributed by atoms with E-state index in [2.05, 4.69) is 10.6 Å². The molecule has 100 valence electrons. The number of cyclic esters (lactones) is 1. The quantitative estimate of drug-likeness (QED) is 0.666. The van der Waals surface area contributed by atoms with E-state index < -0.39 is 5.97 Å². The molecular formula is C12H18N2O4. The molecule has 3 N–H and O–H groups in total. The second kappa shape index (κ2) is 4.42. The molecule has 2 saturated carbocycles. The van der Waals surface area contributed by atoms with Gasteiger partial charge in [-0.15, -0.1) is 0 Å². The van der Waals surface area contributed by atoms with E-state index in [0.717, 1.165) is 19.3 Å². The van der Waals surface area contributed by atoms with Crippen molar-refractivity contribution in [3.8, 4) is 0 Å². The summed E-state index contributed by atoms with van der Waals surface area (Å²) in [5, 5.41) is 15.2. The third kappa shape index (κ3) is 1.94. The molecule has 2 aliphatic carbocycles. The number of aliphatic carboxylic acids is 1. The zero-order valence-corrected chi connectivity index (χ0v) is 10.1. The van der Waals surface area contributed by atoms with Gasteiger partial charge >= 0.3 is 12.1 Å². The van der Waals surface area contributed by atoms with Crippen molar-refractivity contribution in [2.24, 2.45) is 17.8 Å². The summed E-state index contributed by atoms with van der Waals surface area (Å²) in [5.41, 5.74) is 0. The number of ether oxygens (including phenoxy) is 1. The minimum absolute atomic E-state index is 0.0422. The topological polar surface area (TPSA) is 87.7 Å². The largest absolute Gasteiger partial charge is 0.481 e. The molecular weight excluding hydrogens is 236 g/mol. The Bertz CT molecular complexity index is 373. The molecule has 0 spiro atoms. The Kier molecular flexibility index (Phi) is 2.89. The van der Waals surface area contributed by atoms with Gasteiger partial charge < -0.3 is 20.5 Å². The van der Waals surface area contributed by atoms with Gasteiger partial charge in [0.05, 0.1) is 12.5 Å². The summed E-state index contributed by atoms with van der Waals surface area (Å²) in [5.74, 6) is -0.162. The molecule has 6 heteroatoms. The Hall–Kier alpha value is -1.30. The van der Waals surface area contributed by atoms with Gasteiger partial charge in [0.1, 0.15) is 6.10 Å². The Balaban J connectivity index is 1.58. The fourth-order valence-electron chi connectivity index (χ4n) is 3.75. The van der Waals surface area contributed by atoms with Gasteiger partial charge in [0.2, 0.25) is 0 Å². The second-order valence-corrected chi connectivity index (χ2v) is 5.54. The van der Waals surface area contributed by atoms with Gasteiger partial charge in [0.15, 0.2) is 0 Å². The van der Waals surface area contributed by atoms with E-state index in [1.807, 2.05) is 0 Å². The van der Waals surface area contributed by atoms with Crippen LogP contribution in [0, 0.1) is 17.8 Å². The summed E-state index contributed by atoms with van der Waals surface area (Å²) < 4.78 is 5.04. The van der Waals surface area contributed by atoms with Crippen molar-refractivity contribution in [1.82, 2.24) is 10.6 Å². The molecule has 5 unspecified atom stereocenters. The minimum Gasteiger partial charge on any atom is -0.481 e. The van der Waals surface area contributed by atoms with Crippen LogP contribution in [0.15, 0.2) is 0 Å². The highest BCUT2D eigenvalue weighted by Crippen LogP contribution is 2.48. The van der Waals surface area contributed by atoms with Crippen LogP contribution in [-0.4, -0.2) is 42.4 Å². The van der Waals surface area contributed by atoms with E-state index in [1.165, 1.54) is 0 Å². The van der Waals surface area contributed by atoms with Crippen LogP contribution in [0.2, 0.25) is 0 Å². The predicted molar refractivity (Wildman–Crippen MR) is 62.0 cm³/mol. The molecule has 18 heavy (non-hydrogen) atoms. The maximum absolute atomic E-state index is 11.3. The molecule has 0 radical (unpaired) electrons. The normalized spacial score (nSPS) is 41.8. The van der Waals surface area contributed by atoms with E-state index in [0.29, 0.717) is 24.9 Å². The molecule has 0 aromatic rings. The van der Waals surface area contributed by atoms with Crippen molar-refractivity contribution < 1.29 is 19.4 Å². The molecule has 0 aromatic heterocycles. The molecule has 1 amide bonds.